The molecule has 0 bridgehead atoms. The average Bonchev–Trinajstić information content (AvgIpc) is 3.62. The molecule has 5 aromatic heterocycles. The van der Waals surface area contributed by atoms with Gasteiger partial charge in [0.25, 0.3) is 0 Å². The minimum Gasteiger partial charge on any atom is -0.753 e. The number of rotatable bonds is 4. The maximum atomic E-state index is 11.4. The van der Waals surface area contributed by atoms with Crippen molar-refractivity contribution in [3.63, 3.8) is 0 Å². The summed E-state index contributed by atoms with van der Waals surface area (Å²) in [5, 5.41) is 37.2. The number of benzene rings is 2. The molecule has 0 unspecified atom stereocenters. The van der Waals surface area contributed by atoms with Crippen molar-refractivity contribution >= 4 is 74.8 Å². The molecule has 0 atom stereocenters. The molecule has 12 nitrogen and oxygen atoms in total. The van der Waals surface area contributed by atoms with Gasteiger partial charge in [-0.25, -0.2) is 19.8 Å². The van der Waals surface area contributed by atoms with E-state index in [1.165, 1.54) is 33.8 Å². The Morgan fingerprint density at radius 2 is 1.16 bits per heavy atom. The monoisotopic (exact) mass is 870 g/mol. The number of aromatic amines is 1. The first kappa shape index (κ1) is 44.5. The standard InChI is InChI=1S/C21H12N4O4.C18H24N2.CHNS.CNS.Ru/c26-20(27)11-7-10(8-12(9-11)21(28)29)19-24-17-13-3-1-5-22-15(13)16-14(18(17)25-19)4-2-6-23-16;1-17(2,3)13-7-9-19-15(11-13)16-12-14(8-10-20-16)18(4,5)6;2*2-1-3;/h1-9H,(H,24,25)(H,26,27)(H,28,29);7-12H,1-6H3;3H;;/q;;;-1;+2/p-1. The molecule has 284 valence electrons. The van der Waals surface area contributed by atoms with Gasteiger partial charge in [0.05, 0.1) is 44.6 Å². The van der Waals surface area contributed by atoms with E-state index < -0.39 is 11.9 Å². The zero-order valence-corrected chi connectivity index (χ0v) is 34.5. The van der Waals surface area contributed by atoms with Crippen LogP contribution in [-0.4, -0.2) is 57.2 Å². The number of nitrogens with one attached hydrogen (secondary N) is 1. The molecule has 3 N–H and O–H groups in total. The summed E-state index contributed by atoms with van der Waals surface area (Å²) in [4.78, 5) is 48.6. The average molecular weight is 870 g/mol. The summed E-state index contributed by atoms with van der Waals surface area (Å²) >= 11 is 7.40. The van der Waals surface area contributed by atoms with E-state index in [1.54, 1.807) is 18.5 Å². The molecule has 15 heteroatoms. The minimum absolute atomic E-state index is 0. The fourth-order valence-electron chi connectivity index (χ4n) is 5.57. The van der Waals surface area contributed by atoms with Crippen LogP contribution < -0.4 is 0 Å². The van der Waals surface area contributed by atoms with E-state index in [0.29, 0.717) is 22.4 Å². The summed E-state index contributed by atoms with van der Waals surface area (Å²) in [6.07, 6.45) is 7.13. The Morgan fingerprint density at radius 1 is 0.732 bits per heavy atom. The quantitative estimate of drug-likeness (QED) is 0.0379. The van der Waals surface area contributed by atoms with E-state index >= 15 is 0 Å². The summed E-state index contributed by atoms with van der Waals surface area (Å²) in [6, 6.07) is 19.8. The number of isothiocyanates is 1. The zero-order chi connectivity index (χ0) is 40.5. The van der Waals surface area contributed by atoms with Crippen LogP contribution in [0.25, 0.3) is 61.0 Å². The van der Waals surface area contributed by atoms with Crippen molar-refractivity contribution in [2.24, 2.45) is 0 Å². The predicted molar refractivity (Wildman–Crippen MR) is 220 cm³/mol. The van der Waals surface area contributed by atoms with Crippen molar-refractivity contribution in [2.45, 2.75) is 52.4 Å². The maximum Gasteiger partial charge on any atom is 2.00 e. The topological polar surface area (TPSA) is 201 Å². The van der Waals surface area contributed by atoms with Crippen molar-refractivity contribution in [1.82, 2.24) is 29.9 Å². The molecule has 0 saturated carbocycles. The predicted octanol–water partition coefficient (Wildman–Crippen LogP) is 9.13. The van der Waals surface area contributed by atoms with Gasteiger partial charge < -0.3 is 33.2 Å². The van der Waals surface area contributed by atoms with Crippen LogP contribution in [-0.2, 0) is 42.9 Å². The molecule has 7 rings (SSSR count). The molecule has 56 heavy (non-hydrogen) atoms. The third-order valence-corrected chi connectivity index (χ3v) is 8.28. The van der Waals surface area contributed by atoms with Crippen molar-refractivity contribution in [3.8, 4) is 28.2 Å². The number of imidazole rings is 1. The van der Waals surface area contributed by atoms with Gasteiger partial charge in [-0.2, -0.15) is 5.16 Å². The summed E-state index contributed by atoms with van der Waals surface area (Å²) in [5.74, 6) is -2.06. The SMILES string of the molecule is CC(C)(C)c1ccnc(-c2cc(C(C)(C)C)ccn2)c1.N#C[S-].O=C(O)c1cc(C(=O)O)cc(-c2nc3c4cccnc4c4ncccc4c3[nH]2)c1.[N-]=C=S.[Ru+2]. The van der Waals surface area contributed by atoms with Gasteiger partial charge in [-0.1, -0.05) is 59.2 Å². The number of thiocyanates is 1. The minimum atomic E-state index is -1.21. The Balaban J connectivity index is 0.000000273. The van der Waals surface area contributed by atoms with Crippen LogP contribution in [0.4, 0.5) is 0 Å². The number of hydrogen-bond donors (Lipinski definition) is 3. The van der Waals surface area contributed by atoms with E-state index in [1.807, 2.05) is 30.6 Å². The Hall–Kier alpha value is -5.90. The summed E-state index contributed by atoms with van der Waals surface area (Å²) in [5.41, 5.74) is 7.63. The molecule has 0 aliphatic rings. The van der Waals surface area contributed by atoms with E-state index in [9.17, 15) is 19.8 Å². The summed E-state index contributed by atoms with van der Waals surface area (Å²) < 4.78 is 0. The third kappa shape index (κ3) is 10.7. The fourth-order valence-corrected chi connectivity index (χ4v) is 5.57. The smallest absolute Gasteiger partial charge is 0.753 e. The summed E-state index contributed by atoms with van der Waals surface area (Å²) in [6.45, 7) is 13.3. The van der Waals surface area contributed by atoms with Gasteiger partial charge in [0.2, 0.25) is 0 Å². The first-order valence-corrected chi connectivity index (χ1v) is 17.4. The molecule has 2 aromatic carbocycles. The van der Waals surface area contributed by atoms with Gasteiger partial charge in [0, 0.05) is 41.1 Å². The summed E-state index contributed by atoms with van der Waals surface area (Å²) in [7, 11) is 0. The molecule has 0 aliphatic heterocycles. The normalized spacial score (nSPS) is 10.6. The third-order valence-electron chi connectivity index (χ3n) is 8.28. The van der Waals surface area contributed by atoms with Crippen LogP contribution in [0, 0.1) is 10.7 Å². The second-order valence-electron chi connectivity index (χ2n) is 14.1. The second kappa shape index (κ2) is 19.1. The van der Waals surface area contributed by atoms with Crippen LogP contribution in [0.3, 0.4) is 0 Å². The number of carboxylic acid groups (broad SMARTS) is 2. The largest absolute Gasteiger partial charge is 2.00 e. The molecule has 0 radical (unpaired) electrons. The number of thiocarbonyl (C=S) groups is 1. The molecule has 0 spiro atoms. The molecule has 7 aromatic rings. The molecule has 0 amide bonds. The second-order valence-corrected chi connectivity index (χ2v) is 14.4. The molecular weight excluding hydrogens is 834 g/mol. The number of hydrogen-bond acceptors (Lipinski definition) is 10. The number of nitriles is 1. The number of nitrogens with zero attached hydrogens (tertiary/aromatic N) is 7. The number of carbonyl (C=O) groups is 2. The van der Waals surface area contributed by atoms with Crippen molar-refractivity contribution in [3.05, 3.63) is 119 Å². The fraction of sp³-hybridized carbons (Fsp3) is 0.195. The van der Waals surface area contributed by atoms with Crippen LogP contribution in [0.5, 0.6) is 0 Å². The Bertz CT molecular complexity index is 2440. The number of aromatic nitrogens is 6. The van der Waals surface area contributed by atoms with Gasteiger partial charge in [-0.15, -0.1) is 0 Å². The maximum absolute atomic E-state index is 11.4. The number of H-pyrrole nitrogens is 1. The Morgan fingerprint density at radius 3 is 1.59 bits per heavy atom. The van der Waals surface area contributed by atoms with Crippen LogP contribution in [0.2, 0.25) is 0 Å². The van der Waals surface area contributed by atoms with Crippen LogP contribution >= 0.6 is 12.2 Å². The van der Waals surface area contributed by atoms with Crippen molar-refractivity contribution in [2.75, 3.05) is 0 Å². The molecule has 0 fully saturated rings. The molecule has 0 aliphatic carbocycles. The molecule has 0 saturated heterocycles. The number of aromatic carboxylic acids is 2. The van der Waals surface area contributed by atoms with Crippen LogP contribution in [0.1, 0.15) is 73.4 Å². The van der Waals surface area contributed by atoms with Crippen LogP contribution in [0.15, 0.2) is 91.5 Å². The van der Waals surface area contributed by atoms with E-state index in [2.05, 4.69) is 121 Å². The van der Waals surface area contributed by atoms with E-state index in [-0.39, 0.29) is 41.4 Å². The van der Waals surface area contributed by atoms with Crippen molar-refractivity contribution in [1.29, 1.82) is 5.26 Å². The zero-order valence-electron chi connectivity index (χ0n) is 31.2. The number of fused-ring (bicyclic) bond motifs is 6. The van der Waals surface area contributed by atoms with Gasteiger partial charge in [-0.3, -0.25) is 19.9 Å². The Kier molecular flexibility index (Phi) is 15.2. The first-order valence-electron chi connectivity index (χ1n) is 16.6. The Labute approximate surface area is 347 Å². The van der Waals surface area contributed by atoms with Gasteiger partial charge in [0.1, 0.15) is 5.82 Å². The number of carboxylic acids is 2. The van der Waals surface area contributed by atoms with E-state index in [0.717, 1.165) is 39.3 Å². The number of pyridine rings is 4. The molecular formula is C41H36N8O4RuS2. The van der Waals surface area contributed by atoms with Gasteiger partial charge >= 0.3 is 31.4 Å². The van der Waals surface area contributed by atoms with Gasteiger partial charge in [0.15, 0.2) is 0 Å². The van der Waals surface area contributed by atoms with E-state index in [4.69, 9.17) is 10.7 Å². The van der Waals surface area contributed by atoms with Gasteiger partial charge in [-0.05, 0) is 88.7 Å². The van der Waals surface area contributed by atoms with Crippen molar-refractivity contribution < 1.29 is 39.3 Å². The first-order chi connectivity index (χ1) is 26.0. The molecule has 5 heterocycles.